The molecule has 0 aromatic heterocycles. The van der Waals surface area contributed by atoms with Crippen LogP contribution < -0.4 is 10.1 Å². The lowest BCUT2D eigenvalue weighted by Crippen LogP contribution is -2.22. The molecule has 0 aliphatic heterocycles. The fraction of sp³-hybridized carbons (Fsp3) is 0.667. The third-order valence-corrected chi connectivity index (χ3v) is 3.71. The molecule has 1 aromatic rings. The zero-order valence-corrected chi connectivity index (χ0v) is 13.4. The van der Waals surface area contributed by atoms with Crippen LogP contribution in [0.15, 0.2) is 24.3 Å². The first-order valence-electron chi connectivity index (χ1n) is 8.41. The molecule has 1 atom stereocenters. The highest BCUT2D eigenvalue weighted by molar-refractivity contribution is 5.31. The molecule has 0 amide bonds. The summed E-state index contributed by atoms with van der Waals surface area (Å²) >= 11 is 0. The Morgan fingerprint density at radius 3 is 2.86 bits per heavy atom. The number of nitrogens with one attached hydrogen (secondary N) is 1. The first kappa shape index (κ1) is 16.3. The molecule has 0 heterocycles. The first-order valence-corrected chi connectivity index (χ1v) is 8.41. The van der Waals surface area contributed by atoms with E-state index in [1.54, 1.807) is 0 Å². The maximum Gasteiger partial charge on any atom is 0.120 e. The molecule has 0 radical (unpaired) electrons. The Morgan fingerprint density at radius 2 is 2.14 bits per heavy atom. The molecule has 1 unspecified atom stereocenters. The van der Waals surface area contributed by atoms with Crippen LogP contribution >= 0.6 is 0 Å². The van der Waals surface area contributed by atoms with Gasteiger partial charge in [0.05, 0.1) is 6.10 Å². The summed E-state index contributed by atoms with van der Waals surface area (Å²) in [5, 5.41) is 3.65. The molecule has 0 bridgehead atoms. The molecule has 1 saturated carbocycles. The molecule has 1 fully saturated rings. The van der Waals surface area contributed by atoms with Gasteiger partial charge in [0.15, 0.2) is 0 Å². The van der Waals surface area contributed by atoms with Crippen molar-refractivity contribution in [2.45, 2.75) is 58.1 Å². The van der Waals surface area contributed by atoms with E-state index in [0.717, 1.165) is 44.8 Å². The van der Waals surface area contributed by atoms with Crippen LogP contribution in [0.25, 0.3) is 0 Å². The average Bonchev–Trinajstić information content (AvgIpc) is 3.31. The molecule has 1 aliphatic rings. The van der Waals surface area contributed by atoms with E-state index in [9.17, 15) is 0 Å². The van der Waals surface area contributed by atoms with Gasteiger partial charge in [-0.05, 0) is 63.3 Å². The van der Waals surface area contributed by atoms with E-state index in [1.807, 2.05) is 6.92 Å². The van der Waals surface area contributed by atoms with Crippen LogP contribution in [-0.4, -0.2) is 25.9 Å². The number of ether oxygens (including phenoxy) is 2. The van der Waals surface area contributed by atoms with Crippen LogP contribution in [-0.2, 0) is 4.74 Å². The van der Waals surface area contributed by atoms with Crippen molar-refractivity contribution in [2.75, 3.05) is 19.8 Å². The quantitative estimate of drug-likeness (QED) is 0.623. The second-order valence-corrected chi connectivity index (χ2v) is 5.74. The van der Waals surface area contributed by atoms with Gasteiger partial charge in [0.25, 0.3) is 0 Å². The number of rotatable bonds is 11. The zero-order chi connectivity index (χ0) is 14.9. The molecule has 1 aromatic carbocycles. The summed E-state index contributed by atoms with van der Waals surface area (Å²) in [5.74, 6) is 1.02. The maximum absolute atomic E-state index is 5.91. The van der Waals surface area contributed by atoms with Crippen molar-refractivity contribution >= 4 is 0 Å². The second kappa shape index (κ2) is 9.06. The summed E-state index contributed by atoms with van der Waals surface area (Å²) in [6.07, 6.45) is 6.21. The van der Waals surface area contributed by atoms with E-state index in [-0.39, 0.29) is 0 Å². The van der Waals surface area contributed by atoms with Gasteiger partial charge in [-0.15, -0.1) is 0 Å². The third kappa shape index (κ3) is 6.06. The molecule has 2 rings (SSSR count). The minimum Gasteiger partial charge on any atom is -0.490 e. The zero-order valence-electron chi connectivity index (χ0n) is 13.4. The van der Waals surface area contributed by atoms with Crippen LogP contribution in [0.1, 0.15) is 57.6 Å². The fourth-order valence-corrected chi connectivity index (χ4v) is 2.42. The minimum absolute atomic E-state index is 0.396. The Kier molecular flexibility index (Phi) is 7.04. The fourth-order valence-electron chi connectivity index (χ4n) is 2.42. The highest BCUT2D eigenvalue weighted by atomic mass is 16.5. The highest BCUT2D eigenvalue weighted by Crippen LogP contribution is 2.29. The van der Waals surface area contributed by atoms with Gasteiger partial charge in [0.2, 0.25) is 0 Å². The topological polar surface area (TPSA) is 30.5 Å². The van der Waals surface area contributed by atoms with Crippen molar-refractivity contribution in [2.24, 2.45) is 0 Å². The van der Waals surface area contributed by atoms with Gasteiger partial charge in [0.1, 0.15) is 5.75 Å². The average molecular weight is 291 g/mol. The van der Waals surface area contributed by atoms with Gasteiger partial charge in [-0.2, -0.15) is 0 Å². The number of benzene rings is 1. The third-order valence-electron chi connectivity index (χ3n) is 3.71. The predicted molar refractivity (Wildman–Crippen MR) is 86.9 cm³/mol. The highest BCUT2D eigenvalue weighted by Gasteiger charge is 2.23. The van der Waals surface area contributed by atoms with Gasteiger partial charge >= 0.3 is 0 Å². The molecule has 1 N–H and O–H groups in total. The van der Waals surface area contributed by atoms with Gasteiger partial charge in [-0.3, -0.25) is 0 Å². The van der Waals surface area contributed by atoms with Crippen molar-refractivity contribution in [1.82, 2.24) is 5.32 Å². The Morgan fingerprint density at radius 1 is 1.29 bits per heavy atom. The predicted octanol–water partition coefficient (Wildman–Crippen LogP) is 4.09. The van der Waals surface area contributed by atoms with Gasteiger partial charge in [-0.25, -0.2) is 0 Å². The lowest BCUT2D eigenvalue weighted by atomic mass is 10.0. The van der Waals surface area contributed by atoms with E-state index in [4.69, 9.17) is 9.47 Å². The van der Waals surface area contributed by atoms with Crippen molar-refractivity contribution in [3.63, 3.8) is 0 Å². The lowest BCUT2D eigenvalue weighted by Gasteiger charge is -2.20. The smallest absolute Gasteiger partial charge is 0.120 e. The van der Waals surface area contributed by atoms with Gasteiger partial charge in [-0.1, -0.05) is 19.1 Å². The molecule has 3 heteroatoms. The Balaban J connectivity index is 1.92. The van der Waals surface area contributed by atoms with Crippen molar-refractivity contribution in [1.29, 1.82) is 0 Å². The monoisotopic (exact) mass is 291 g/mol. The molecule has 1 aliphatic carbocycles. The molecule has 118 valence electrons. The summed E-state index contributed by atoms with van der Waals surface area (Å²) in [6.45, 7) is 6.95. The van der Waals surface area contributed by atoms with Crippen LogP contribution in [0.2, 0.25) is 0 Å². The van der Waals surface area contributed by atoms with Crippen molar-refractivity contribution < 1.29 is 9.47 Å². The molecular formula is C18H29NO2. The molecule has 21 heavy (non-hydrogen) atoms. The molecular weight excluding hydrogens is 262 g/mol. The Labute approximate surface area is 129 Å². The normalized spacial score (nSPS) is 15.9. The first-order chi connectivity index (χ1) is 10.3. The molecule has 0 saturated heterocycles. The lowest BCUT2D eigenvalue weighted by molar-refractivity contribution is 0.141. The summed E-state index contributed by atoms with van der Waals surface area (Å²) in [7, 11) is 0. The SMILES string of the molecule is CCCNC(CCCOCC)c1cccc(OC2CC2)c1. The van der Waals surface area contributed by atoms with Crippen molar-refractivity contribution in [3.8, 4) is 5.75 Å². The van der Waals surface area contributed by atoms with E-state index in [1.165, 1.54) is 18.4 Å². The van der Waals surface area contributed by atoms with Gasteiger partial charge < -0.3 is 14.8 Å². The summed E-state index contributed by atoms with van der Waals surface area (Å²) < 4.78 is 11.4. The van der Waals surface area contributed by atoms with Crippen LogP contribution in [0.4, 0.5) is 0 Å². The second-order valence-electron chi connectivity index (χ2n) is 5.74. The standard InChI is InChI=1S/C18H29NO2/c1-3-12-19-18(9-6-13-20-4-2)15-7-5-8-17(14-15)21-16-10-11-16/h5,7-8,14,16,18-19H,3-4,6,9-13H2,1-2H3. The Hall–Kier alpha value is -1.06. The van der Waals surface area contributed by atoms with E-state index < -0.39 is 0 Å². The van der Waals surface area contributed by atoms with Crippen LogP contribution in [0.5, 0.6) is 5.75 Å². The van der Waals surface area contributed by atoms with E-state index in [0.29, 0.717) is 12.1 Å². The molecule has 0 spiro atoms. The van der Waals surface area contributed by atoms with E-state index in [2.05, 4.69) is 36.5 Å². The number of hydrogen-bond acceptors (Lipinski definition) is 3. The maximum atomic E-state index is 5.91. The van der Waals surface area contributed by atoms with Crippen molar-refractivity contribution in [3.05, 3.63) is 29.8 Å². The summed E-state index contributed by atoms with van der Waals surface area (Å²) in [6, 6.07) is 8.98. The van der Waals surface area contributed by atoms with Crippen LogP contribution in [0, 0.1) is 0 Å². The molecule has 3 nitrogen and oxygen atoms in total. The summed E-state index contributed by atoms with van der Waals surface area (Å²) in [4.78, 5) is 0. The summed E-state index contributed by atoms with van der Waals surface area (Å²) in [5.41, 5.74) is 1.33. The largest absolute Gasteiger partial charge is 0.490 e. The van der Waals surface area contributed by atoms with Crippen LogP contribution in [0.3, 0.4) is 0 Å². The Bertz CT molecular complexity index is 404. The van der Waals surface area contributed by atoms with E-state index >= 15 is 0 Å². The van der Waals surface area contributed by atoms with Gasteiger partial charge in [0, 0.05) is 19.3 Å². The minimum atomic E-state index is 0.396. The number of hydrogen-bond donors (Lipinski definition) is 1.